The van der Waals surface area contributed by atoms with Crippen LogP contribution in [0.25, 0.3) is 0 Å². The minimum Gasteiger partial charge on any atom is -0.335 e. The van der Waals surface area contributed by atoms with Crippen molar-refractivity contribution in [2.75, 3.05) is 13.1 Å². The summed E-state index contributed by atoms with van der Waals surface area (Å²) in [5.41, 5.74) is -1.95. The molecule has 1 aliphatic heterocycles. The Hall–Kier alpha value is -1.63. The maximum atomic E-state index is 14.0. The van der Waals surface area contributed by atoms with Crippen LogP contribution in [0.1, 0.15) is 29.8 Å². The van der Waals surface area contributed by atoms with Gasteiger partial charge in [-0.3, -0.25) is 4.79 Å². The number of hydrogen-bond donors (Lipinski definition) is 1. The molecule has 3 nitrogen and oxygen atoms in total. The summed E-state index contributed by atoms with van der Waals surface area (Å²) in [6.45, 7) is 4.38. The summed E-state index contributed by atoms with van der Waals surface area (Å²) in [6, 6.07) is 2.78. The summed E-state index contributed by atoms with van der Waals surface area (Å²) >= 11 is 0. The van der Waals surface area contributed by atoms with Crippen molar-refractivity contribution in [3.05, 3.63) is 35.1 Å². The average molecular weight is 304 g/mol. The Morgan fingerprint density at radius 2 is 1.81 bits per heavy atom. The molecule has 7 heteroatoms. The molecule has 1 aromatic carbocycles. The van der Waals surface area contributed by atoms with E-state index in [2.05, 4.69) is 5.32 Å². The summed E-state index contributed by atoms with van der Waals surface area (Å²) < 4.78 is 52.0. The highest BCUT2D eigenvalue weighted by Crippen LogP contribution is 2.32. The molecule has 1 heterocycles. The van der Waals surface area contributed by atoms with E-state index in [0.29, 0.717) is 19.2 Å². The zero-order valence-electron chi connectivity index (χ0n) is 11.7. The van der Waals surface area contributed by atoms with E-state index >= 15 is 0 Å². The van der Waals surface area contributed by atoms with E-state index in [9.17, 15) is 22.4 Å². The fourth-order valence-electron chi connectivity index (χ4n) is 2.58. The van der Waals surface area contributed by atoms with Crippen molar-refractivity contribution < 1.29 is 22.4 Å². The lowest BCUT2D eigenvalue weighted by Crippen LogP contribution is -2.56. The van der Waals surface area contributed by atoms with E-state index in [1.807, 2.05) is 13.8 Å². The van der Waals surface area contributed by atoms with E-state index in [4.69, 9.17) is 0 Å². The van der Waals surface area contributed by atoms with Crippen molar-refractivity contribution in [1.29, 1.82) is 0 Å². The van der Waals surface area contributed by atoms with Crippen molar-refractivity contribution in [3.8, 4) is 0 Å². The smallest absolute Gasteiger partial charge is 0.335 e. The largest absolute Gasteiger partial charge is 0.419 e. The van der Waals surface area contributed by atoms with Crippen molar-refractivity contribution in [3.63, 3.8) is 0 Å². The SMILES string of the molecule is C[C@@H]1CN(C(=O)c2cccc(C(F)(F)F)c2F)C[C@H](C)N1. The third-order valence-corrected chi connectivity index (χ3v) is 3.38. The number of amides is 1. The zero-order chi connectivity index (χ0) is 15.8. The van der Waals surface area contributed by atoms with Gasteiger partial charge in [0, 0.05) is 25.2 Å². The topological polar surface area (TPSA) is 32.3 Å². The number of benzene rings is 1. The third-order valence-electron chi connectivity index (χ3n) is 3.38. The molecule has 116 valence electrons. The van der Waals surface area contributed by atoms with Crippen LogP contribution in [0.3, 0.4) is 0 Å². The summed E-state index contributed by atoms with van der Waals surface area (Å²) in [5.74, 6) is -2.22. The maximum absolute atomic E-state index is 14.0. The number of carbonyl (C=O) groups excluding carboxylic acids is 1. The molecule has 0 saturated carbocycles. The van der Waals surface area contributed by atoms with Gasteiger partial charge >= 0.3 is 6.18 Å². The van der Waals surface area contributed by atoms with E-state index < -0.39 is 29.0 Å². The Labute approximate surface area is 119 Å². The number of carbonyl (C=O) groups is 1. The molecule has 2 atom stereocenters. The Kier molecular flexibility index (Phi) is 4.22. The second-order valence-electron chi connectivity index (χ2n) is 5.34. The summed E-state index contributed by atoms with van der Waals surface area (Å²) in [5, 5.41) is 3.20. The minimum absolute atomic E-state index is 0.00607. The molecule has 1 saturated heterocycles. The van der Waals surface area contributed by atoms with Gasteiger partial charge in [-0.05, 0) is 26.0 Å². The average Bonchev–Trinajstić information content (AvgIpc) is 2.35. The van der Waals surface area contributed by atoms with E-state index in [1.165, 1.54) is 4.90 Å². The molecule has 0 bridgehead atoms. The van der Waals surface area contributed by atoms with E-state index in [-0.39, 0.29) is 12.1 Å². The number of alkyl halides is 3. The summed E-state index contributed by atoms with van der Waals surface area (Å²) in [6.07, 6.45) is -4.82. The Morgan fingerprint density at radius 3 is 2.33 bits per heavy atom. The molecular weight excluding hydrogens is 288 g/mol. The van der Waals surface area contributed by atoms with Crippen molar-refractivity contribution in [1.82, 2.24) is 10.2 Å². The lowest BCUT2D eigenvalue weighted by atomic mass is 10.1. The van der Waals surface area contributed by atoms with E-state index in [0.717, 1.165) is 12.1 Å². The predicted octanol–water partition coefficient (Wildman–Crippen LogP) is 2.67. The van der Waals surface area contributed by atoms with Gasteiger partial charge in [0.2, 0.25) is 0 Å². The molecule has 1 N–H and O–H groups in total. The lowest BCUT2D eigenvalue weighted by Gasteiger charge is -2.36. The van der Waals surface area contributed by atoms with E-state index in [1.54, 1.807) is 0 Å². The molecule has 1 aromatic rings. The molecular formula is C14H16F4N2O. The molecule has 1 fully saturated rings. The monoisotopic (exact) mass is 304 g/mol. The fourth-order valence-corrected chi connectivity index (χ4v) is 2.58. The van der Waals surface area contributed by atoms with Crippen LogP contribution in [-0.2, 0) is 6.18 Å². The predicted molar refractivity (Wildman–Crippen MR) is 69.4 cm³/mol. The number of hydrogen-bond acceptors (Lipinski definition) is 2. The van der Waals surface area contributed by atoms with Crippen molar-refractivity contribution in [2.45, 2.75) is 32.1 Å². The second-order valence-corrected chi connectivity index (χ2v) is 5.34. The maximum Gasteiger partial charge on any atom is 0.419 e. The van der Waals surface area contributed by atoms with Crippen LogP contribution in [0.5, 0.6) is 0 Å². The molecule has 0 aromatic heterocycles. The lowest BCUT2D eigenvalue weighted by molar-refractivity contribution is -0.140. The van der Waals surface area contributed by atoms with Crippen molar-refractivity contribution in [2.24, 2.45) is 0 Å². The highest BCUT2D eigenvalue weighted by atomic mass is 19.4. The van der Waals surface area contributed by atoms with Crippen LogP contribution in [0.2, 0.25) is 0 Å². The molecule has 1 amide bonds. The van der Waals surface area contributed by atoms with Gasteiger partial charge in [0.1, 0.15) is 5.82 Å². The molecule has 0 radical (unpaired) electrons. The number of rotatable bonds is 1. The van der Waals surface area contributed by atoms with Crippen LogP contribution < -0.4 is 5.32 Å². The number of nitrogens with one attached hydrogen (secondary N) is 1. The highest BCUT2D eigenvalue weighted by Gasteiger charge is 2.36. The number of piperazine rings is 1. The van der Waals surface area contributed by atoms with Gasteiger partial charge in [-0.15, -0.1) is 0 Å². The second kappa shape index (κ2) is 5.63. The first-order valence-electron chi connectivity index (χ1n) is 6.61. The fraction of sp³-hybridized carbons (Fsp3) is 0.500. The van der Waals surface area contributed by atoms with Crippen molar-refractivity contribution >= 4 is 5.91 Å². The van der Waals surface area contributed by atoms with Crippen LogP contribution in [0, 0.1) is 5.82 Å². The third kappa shape index (κ3) is 3.34. The molecule has 2 rings (SSSR count). The molecule has 0 unspecified atom stereocenters. The van der Waals surface area contributed by atoms with Gasteiger partial charge in [0.05, 0.1) is 11.1 Å². The quantitative estimate of drug-likeness (QED) is 0.809. The van der Waals surface area contributed by atoms with Crippen LogP contribution >= 0.6 is 0 Å². The van der Waals surface area contributed by atoms with Crippen LogP contribution in [-0.4, -0.2) is 36.0 Å². The van der Waals surface area contributed by atoms with Gasteiger partial charge in [-0.25, -0.2) is 4.39 Å². The summed E-state index contributed by atoms with van der Waals surface area (Å²) in [4.78, 5) is 13.7. The molecule has 0 aliphatic carbocycles. The number of nitrogens with zero attached hydrogens (tertiary/aromatic N) is 1. The first-order valence-corrected chi connectivity index (χ1v) is 6.61. The highest BCUT2D eigenvalue weighted by molar-refractivity contribution is 5.94. The standard InChI is InChI=1S/C14H16F4N2O/c1-8-6-20(7-9(2)19-8)13(21)10-4-3-5-11(12(10)15)14(16,17)18/h3-5,8-9,19H,6-7H2,1-2H3/t8-,9+. The van der Waals surface area contributed by atoms with Gasteiger partial charge in [0.15, 0.2) is 0 Å². The molecule has 21 heavy (non-hydrogen) atoms. The Bertz CT molecular complexity index is 534. The zero-order valence-corrected chi connectivity index (χ0v) is 11.7. The normalized spacial score (nSPS) is 23.2. The Morgan fingerprint density at radius 1 is 1.24 bits per heavy atom. The van der Waals surface area contributed by atoms with Gasteiger partial charge in [0.25, 0.3) is 5.91 Å². The minimum atomic E-state index is -4.82. The van der Waals surface area contributed by atoms with Crippen LogP contribution in [0.15, 0.2) is 18.2 Å². The van der Waals surface area contributed by atoms with Gasteiger partial charge in [-0.1, -0.05) is 6.07 Å². The Balaban J connectivity index is 2.32. The van der Waals surface area contributed by atoms with Crippen LogP contribution in [0.4, 0.5) is 17.6 Å². The molecule has 1 aliphatic rings. The van der Waals surface area contributed by atoms with Gasteiger partial charge in [-0.2, -0.15) is 13.2 Å². The first kappa shape index (κ1) is 15.8. The molecule has 0 spiro atoms. The van der Waals surface area contributed by atoms with Gasteiger partial charge < -0.3 is 10.2 Å². The summed E-state index contributed by atoms with van der Waals surface area (Å²) in [7, 11) is 0. The first-order chi connectivity index (χ1) is 9.70. The number of halogens is 4.